The second kappa shape index (κ2) is 46.8. The largest absolute Gasteiger partial charge is 0.544 e. The van der Waals surface area contributed by atoms with Crippen LogP contribution < -0.4 is 5.11 Å². The van der Waals surface area contributed by atoms with E-state index in [9.17, 15) is 19.5 Å². The van der Waals surface area contributed by atoms with Crippen LogP contribution in [0, 0.1) is 0 Å². The van der Waals surface area contributed by atoms with Crippen LogP contribution in [0.4, 0.5) is 0 Å². The number of ether oxygens (including phenoxy) is 3. The lowest BCUT2D eigenvalue weighted by atomic mass is 10.0. The predicted octanol–water partition coefficient (Wildman–Crippen LogP) is 14.2. The van der Waals surface area contributed by atoms with Gasteiger partial charge in [-0.1, -0.05) is 217 Å². The second-order valence-electron chi connectivity index (χ2n) is 19.1. The average molecular weight is 900 g/mol. The smallest absolute Gasteiger partial charge is 0.306 e. The quantitative estimate of drug-likeness (QED) is 0.0259. The zero-order valence-corrected chi connectivity index (χ0v) is 42.4. The first-order valence-corrected chi connectivity index (χ1v) is 26.7. The van der Waals surface area contributed by atoms with Gasteiger partial charge in [-0.15, -0.1) is 0 Å². The molecule has 8 heteroatoms. The van der Waals surface area contributed by atoms with Crippen molar-refractivity contribution in [1.29, 1.82) is 0 Å². The van der Waals surface area contributed by atoms with Crippen molar-refractivity contribution in [2.75, 3.05) is 41.0 Å². The lowest BCUT2D eigenvalue weighted by molar-refractivity contribution is -0.889. The minimum Gasteiger partial charge on any atom is -0.544 e. The molecular weight excluding hydrogens is 799 g/mol. The van der Waals surface area contributed by atoms with E-state index in [-0.39, 0.29) is 42.7 Å². The number of hydrogen-bond donors (Lipinski definition) is 0. The molecule has 0 spiro atoms. The van der Waals surface area contributed by atoms with Crippen molar-refractivity contribution in [3.63, 3.8) is 0 Å². The lowest BCUT2D eigenvalue weighted by Crippen LogP contribution is -2.55. The number of likely N-dealkylation sites (N-methyl/N-ethyl adjacent to an activating group) is 1. The molecule has 64 heavy (non-hydrogen) atoms. The highest BCUT2D eigenvalue weighted by molar-refractivity contribution is 5.70. The Bertz CT molecular complexity index is 1190. The molecule has 372 valence electrons. The van der Waals surface area contributed by atoms with Crippen LogP contribution in [0.1, 0.15) is 239 Å². The molecule has 8 nitrogen and oxygen atoms in total. The molecule has 0 aromatic heterocycles. The van der Waals surface area contributed by atoms with E-state index >= 15 is 0 Å². The number of carboxylic acids is 1. The number of carboxylic acid groups (broad SMARTS) is 1. The Morgan fingerprint density at radius 3 is 1.30 bits per heavy atom. The van der Waals surface area contributed by atoms with Gasteiger partial charge in [-0.3, -0.25) is 9.59 Å². The van der Waals surface area contributed by atoms with Gasteiger partial charge in [-0.2, -0.15) is 0 Å². The first-order valence-electron chi connectivity index (χ1n) is 26.7. The van der Waals surface area contributed by atoms with Crippen molar-refractivity contribution in [2.45, 2.75) is 251 Å². The molecule has 0 fully saturated rings. The molecule has 0 radical (unpaired) electrons. The van der Waals surface area contributed by atoms with Crippen molar-refractivity contribution in [3.05, 3.63) is 48.6 Å². The highest BCUT2D eigenvalue weighted by Crippen LogP contribution is 2.16. The van der Waals surface area contributed by atoms with Gasteiger partial charge in [-0.25, -0.2) is 0 Å². The number of allylic oxidation sites excluding steroid dienone is 8. The topological polar surface area (TPSA) is 102 Å². The van der Waals surface area contributed by atoms with E-state index in [1.165, 1.54) is 128 Å². The fourth-order valence-corrected chi connectivity index (χ4v) is 7.89. The van der Waals surface area contributed by atoms with Crippen molar-refractivity contribution in [3.8, 4) is 0 Å². The third kappa shape index (κ3) is 44.5. The van der Waals surface area contributed by atoms with Crippen LogP contribution in [0.5, 0.6) is 0 Å². The number of carbonyl (C=O) groups is 3. The maximum atomic E-state index is 12.8. The van der Waals surface area contributed by atoms with Crippen LogP contribution in [0.15, 0.2) is 48.6 Å². The number of rotatable bonds is 48. The normalized spacial score (nSPS) is 13.2. The summed E-state index contributed by atoms with van der Waals surface area (Å²) in [6, 6.07) is -0.728. The Kier molecular flexibility index (Phi) is 44.8. The Morgan fingerprint density at radius 1 is 0.484 bits per heavy atom. The minimum absolute atomic E-state index is 0.0378. The summed E-state index contributed by atoms with van der Waals surface area (Å²) >= 11 is 0. The zero-order chi connectivity index (χ0) is 47.0. The van der Waals surface area contributed by atoms with Crippen LogP contribution in [-0.4, -0.2) is 75.5 Å². The third-order valence-electron chi connectivity index (χ3n) is 12.0. The second-order valence-corrected chi connectivity index (χ2v) is 19.1. The van der Waals surface area contributed by atoms with Gasteiger partial charge in [-0.05, 0) is 51.4 Å². The SMILES string of the molecule is CC/C=C/C/C=C/C/C=C/C/C=C/CCCCCCCCC(=O)OCC(COCCC(C(=O)[O-])[N+](C)(C)C)OC(=O)CCCCCCCCCCCCCCCCCCCCCCC. The summed E-state index contributed by atoms with van der Waals surface area (Å²) in [6.45, 7) is 4.57. The summed E-state index contributed by atoms with van der Waals surface area (Å²) in [5.41, 5.74) is 0. The fraction of sp³-hybridized carbons (Fsp3) is 0.804. The molecular formula is C56H101NO7. The average Bonchev–Trinajstić information content (AvgIpc) is 3.26. The van der Waals surface area contributed by atoms with Gasteiger partial charge < -0.3 is 28.6 Å². The summed E-state index contributed by atoms with van der Waals surface area (Å²) < 4.78 is 17.3. The van der Waals surface area contributed by atoms with E-state index < -0.39 is 18.1 Å². The molecule has 0 aliphatic heterocycles. The monoisotopic (exact) mass is 900 g/mol. The summed E-state index contributed by atoms with van der Waals surface area (Å²) in [5.74, 6) is -1.74. The minimum atomic E-state index is -1.13. The molecule has 0 rings (SSSR count). The van der Waals surface area contributed by atoms with E-state index in [2.05, 4.69) is 62.5 Å². The number of nitrogens with zero attached hydrogens (tertiary/aromatic N) is 1. The molecule has 0 bridgehead atoms. The number of quaternary nitrogens is 1. The summed E-state index contributed by atoms with van der Waals surface area (Å²) in [7, 11) is 5.42. The number of unbranched alkanes of at least 4 members (excludes halogenated alkanes) is 26. The molecule has 0 amide bonds. The van der Waals surface area contributed by atoms with Gasteiger partial charge in [0.1, 0.15) is 12.6 Å². The Hall–Kier alpha value is -2.71. The van der Waals surface area contributed by atoms with Gasteiger partial charge in [0.05, 0.1) is 40.3 Å². The molecule has 0 aromatic carbocycles. The van der Waals surface area contributed by atoms with Gasteiger partial charge >= 0.3 is 11.9 Å². The molecule has 0 aromatic rings. The third-order valence-corrected chi connectivity index (χ3v) is 12.0. The van der Waals surface area contributed by atoms with Crippen LogP contribution in [-0.2, 0) is 28.6 Å². The number of aliphatic carboxylic acids is 1. The van der Waals surface area contributed by atoms with Crippen LogP contribution >= 0.6 is 0 Å². The summed E-state index contributed by atoms with van der Waals surface area (Å²) in [5, 5.41) is 11.7. The highest BCUT2D eigenvalue weighted by atomic mass is 16.6. The van der Waals surface area contributed by atoms with E-state index in [1.54, 1.807) is 21.1 Å². The van der Waals surface area contributed by atoms with E-state index in [4.69, 9.17) is 14.2 Å². The molecule has 2 atom stereocenters. The molecule has 0 aliphatic carbocycles. The number of carbonyl (C=O) groups excluding carboxylic acids is 3. The van der Waals surface area contributed by atoms with Gasteiger partial charge in [0.25, 0.3) is 0 Å². The zero-order valence-electron chi connectivity index (χ0n) is 42.4. The summed E-state index contributed by atoms with van der Waals surface area (Å²) in [4.78, 5) is 37.1. The lowest BCUT2D eigenvalue weighted by Gasteiger charge is -2.34. The van der Waals surface area contributed by atoms with E-state index in [1.807, 2.05) is 0 Å². The van der Waals surface area contributed by atoms with Gasteiger partial charge in [0.2, 0.25) is 0 Å². The Morgan fingerprint density at radius 2 is 0.875 bits per heavy atom. The Balaban J connectivity index is 4.22. The predicted molar refractivity (Wildman–Crippen MR) is 268 cm³/mol. The standard InChI is InChI=1S/C56H101NO7/c1-6-8-10-12-14-16-18-20-22-24-26-27-29-31-33-35-37-39-41-43-45-47-55(59)64-52(50-62-49-48-53(56(60)61)57(3,4)5)51-63-54(58)46-44-42-40-38-36-34-32-30-28-25-23-21-19-17-15-13-11-9-7-2/h9,11,15,17,21,23,28,30,52-53H,6-8,10,12-14,16,18-20,22,24-27,29,31-51H2,1-5H3/b11-9+,17-15+,23-21+,30-28+. The molecule has 0 aliphatic rings. The van der Waals surface area contributed by atoms with Crippen LogP contribution in [0.25, 0.3) is 0 Å². The fourth-order valence-electron chi connectivity index (χ4n) is 7.89. The number of esters is 2. The number of hydrogen-bond acceptors (Lipinski definition) is 7. The van der Waals surface area contributed by atoms with Crippen LogP contribution in [0.3, 0.4) is 0 Å². The van der Waals surface area contributed by atoms with Crippen molar-refractivity contribution in [1.82, 2.24) is 0 Å². The molecule has 0 saturated heterocycles. The maximum absolute atomic E-state index is 12.8. The van der Waals surface area contributed by atoms with Gasteiger partial charge in [0.15, 0.2) is 6.10 Å². The van der Waals surface area contributed by atoms with Crippen LogP contribution in [0.2, 0.25) is 0 Å². The molecule has 0 saturated carbocycles. The summed E-state index contributed by atoms with van der Waals surface area (Å²) in [6.07, 6.45) is 57.1. The molecule has 2 unspecified atom stereocenters. The maximum Gasteiger partial charge on any atom is 0.306 e. The first kappa shape index (κ1) is 61.3. The van der Waals surface area contributed by atoms with Crippen molar-refractivity contribution in [2.24, 2.45) is 0 Å². The Labute approximate surface area is 395 Å². The van der Waals surface area contributed by atoms with Crippen molar-refractivity contribution < 1.29 is 38.2 Å². The van der Waals surface area contributed by atoms with E-state index in [0.29, 0.717) is 12.8 Å². The van der Waals surface area contributed by atoms with Gasteiger partial charge in [0, 0.05) is 19.3 Å². The van der Waals surface area contributed by atoms with Crippen molar-refractivity contribution >= 4 is 17.9 Å². The highest BCUT2D eigenvalue weighted by Gasteiger charge is 2.25. The molecule has 0 N–H and O–H groups in total. The first-order chi connectivity index (χ1) is 31.1. The molecule has 0 heterocycles. The van der Waals surface area contributed by atoms with E-state index in [0.717, 1.165) is 77.0 Å².